The van der Waals surface area contributed by atoms with Gasteiger partial charge >= 0.3 is 0 Å². The van der Waals surface area contributed by atoms with E-state index in [4.69, 9.17) is 0 Å². The average molecular weight is 246 g/mol. The second kappa shape index (κ2) is 6.35. The van der Waals surface area contributed by atoms with E-state index in [1.54, 1.807) is 0 Å². The van der Waals surface area contributed by atoms with E-state index in [0.29, 0.717) is 0 Å². The highest BCUT2D eigenvalue weighted by molar-refractivity contribution is 5.38. The van der Waals surface area contributed by atoms with Crippen LogP contribution < -0.4 is 10.6 Å². The Hall–Kier alpha value is -0.860. The first-order chi connectivity index (χ1) is 8.68. The van der Waals surface area contributed by atoms with Gasteiger partial charge in [0.25, 0.3) is 0 Å². The molecule has 0 unspecified atom stereocenters. The van der Waals surface area contributed by atoms with Gasteiger partial charge in [0.1, 0.15) is 0 Å². The Morgan fingerprint density at radius 2 is 1.78 bits per heavy atom. The SMILES string of the molecule is Cc1ccc(CCNCCNC2CC2)c(C)c1C. The Kier molecular flexibility index (Phi) is 4.79. The van der Waals surface area contributed by atoms with Gasteiger partial charge < -0.3 is 10.6 Å². The molecule has 0 bridgehead atoms. The zero-order valence-electron chi connectivity index (χ0n) is 12.0. The Labute approximate surface area is 111 Å². The minimum atomic E-state index is 0.828. The molecule has 2 heteroatoms. The van der Waals surface area contributed by atoms with E-state index in [9.17, 15) is 0 Å². The quantitative estimate of drug-likeness (QED) is 0.722. The van der Waals surface area contributed by atoms with Crippen LogP contribution in [0.3, 0.4) is 0 Å². The van der Waals surface area contributed by atoms with E-state index in [1.807, 2.05) is 0 Å². The highest BCUT2D eigenvalue weighted by Gasteiger charge is 2.19. The highest BCUT2D eigenvalue weighted by atomic mass is 15.0. The molecular formula is C16H26N2. The molecule has 1 aliphatic rings. The van der Waals surface area contributed by atoms with Crippen molar-refractivity contribution in [1.82, 2.24) is 10.6 Å². The smallest absolute Gasteiger partial charge is 0.00793 e. The highest BCUT2D eigenvalue weighted by Crippen LogP contribution is 2.18. The van der Waals surface area contributed by atoms with Crippen LogP contribution in [0, 0.1) is 20.8 Å². The van der Waals surface area contributed by atoms with E-state index in [2.05, 4.69) is 43.5 Å². The minimum absolute atomic E-state index is 0.828. The summed E-state index contributed by atoms with van der Waals surface area (Å²) in [6, 6.07) is 5.35. The maximum atomic E-state index is 3.52. The van der Waals surface area contributed by atoms with Crippen LogP contribution in [0.15, 0.2) is 12.1 Å². The van der Waals surface area contributed by atoms with Crippen LogP contribution in [-0.2, 0) is 6.42 Å². The van der Waals surface area contributed by atoms with Crippen molar-refractivity contribution in [3.8, 4) is 0 Å². The van der Waals surface area contributed by atoms with Gasteiger partial charge in [0, 0.05) is 19.1 Å². The summed E-state index contributed by atoms with van der Waals surface area (Å²) in [6.07, 6.45) is 3.89. The van der Waals surface area contributed by atoms with Crippen LogP contribution in [0.5, 0.6) is 0 Å². The molecule has 1 aromatic carbocycles. The second-order valence-electron chi connectivity index (χ2n) is 5.52. The molecule has 0 radical (unpaired) electrons. The Bertz CT molecular complexity index is 394. The fraction of sp³-hybridized carbons (Fsp3) is 0.625. The lowest BCUT2D eigenvalue weighted by molar-refractivity contribution is 0.608. The van der Waals surface area contributed by atoms with Crippen molar-refractivity contribution >= 4 is 0 Å². The number of hydrogen-bond donors (Lipinski definition) is 2. The molecule has 0 aromatic heterocycles. The summed E-state index contributed by atoms with van der Waals surface area (Å²) in [4.78, 5) is 0. The Morgan fingerprint density at radius 3 is 2.50 bits per heavy atom. The summed E-state index contributed by atoms with van der Waals surface area (Å²) in [6.45, 7) is 9.92. The Morgan fingerprint density at radius 1 is 1.00 bits per heavy atom. The first-order valence-electron chi connectivity index (χ1n) is 7.18. The predicted molar refractivity (Wildman–Crippen MR) is 78.3 cm³/mol. The summed E-state index contributed by atoms with van der Waals surface area (Å²) in [5, 5.41) is 7.04. The maximum absolute atomic E-state index is 3.52. The van der Waals surface area contributed by atoms with Crippen molar-refractivity contribution < 1.29 is 0 Å². The van der Waals surface area contributed by atoms with Crippen molar-refractivity contribution in [2.45, 2.75) is 46.1 Å². The molecule has 1 saturated carbocycles. The summed E-state index contributed by atoms with van der Waals surface area (Å²) in [5.41, 5.74) is 5.80. The lowest BCUT2D eigenvalue weighted by Crippen LogP contribution is -2.29. The second-order valence-corrected chi connectivity index (χ2v) is 5.52. The molecule has 2 rings (SSSR count). The molecule has 18 heavy (non-hydrogen) atoms. The Balaban J connectivity index is 1.67. The van der Waals surface area contributed by atoms with Gasteiger partial charge in [0.2, 0.25) is 0 Å². The number of aryl methyl sites for hydroxylation is 1. The van der Waals surface area contributed by atoms with Gasteiger partial charge in [0.15, 0.2) is 0 Å². The van der Waals surface area contributed by atoms with E-state index in [-0.39, 0.29) is 0 Å². The van der Waals surface area contributed by atoms with E-state index < -0.39 is 0 Å². The maximum Gasteiger partial charge on any atom is 0.00793 e. The monoisotopic (exact) mass is 246 g/mol. The number of benzene rings is 1. The van der Waals surface area contributed by atoms with E-state index in [1.165, 1.54) is 35.1 Å². The third kappa shape index (κ3) is 3.82. The molecule has 0 saturated heterocycles. The van der Waals surface area contributed by atoms with Crippen molar-refractivity contribution in [2.75, 3.05) is 19.6 Å². The van der Waals surface area contributed by atoms with Gasteiger partial charge in [-0.2, -0.15) is 0 Å². The molecule has 2 N–H and O–H groups in total. The van der Waals surface area contributed by atoms with Gasteiger partial charge in [-0.05, 0) is 68.8 Å². The molecule has 0 atom stereocenters. The number of nitrogens with one attached hydrogen (secondary N) is 2. The van der Waals surface area contributed by atoms with Gasteiger partial charge in [-0.1, -0.05) is 12.1 Å². The largest absolute Gasteiger partial charge is 0.315 e. The molecular weight excluding hydrogens is 220 g/mol. The molecule has 1 aliphatic carbocycles. The van der Waals surface area contributed by atoms with Crippen LogP contribution in [0.1, 0.15) is 35.1 Å². The molecule has 100 valence electrons. The van der Waals surface area contributed by atoms with Crippen molar-refractivity contribution in [3.05, 3.63) is 34.4 Å². The summed E-state index contributed by atoms with van der Waals surface area (Å²) >= 11 is 0. The zero-order chi connectivity index (χ0) is 13.0. The zero-order valence-corrected chi connectivity index (χ0v) is 12.0. The van der Waals surface area contributed by atoms with Gasteiger partial charge in [-0.25, -0.2) is 0 Å². The van der Waals surface area contributed by atoms with Crippen LogP contribution in [0.4, 0.5) is 0 Å². The molecule has 1 aromatic rings. The summed E-state index contributed by atoms with van der Waals surface area (Å²) < 4.78 is 0. The van der Waals surface area contributed by atoms with Crippen LogP contribution >= 0.6 is 0 Å². The number of hydrogen-bond acceptors (Lipinski definition) is 2. The van der Waals surface area contributed by atoms with Crippen LogP contribution in [-0.4, -0.2) is 25.7 Å². The molecule has 0 amide bonds. The summed E-state index contributed by atoms with van der Waals surface area (Å²) in [7, 11) is 0. The average Bonchev–Trinajstić information content (AvgIpc) is 3.17. The predicted octanol–water partition coefficient (Wildman–Crippen LogP) is 2.50. The van der Waals surface area contributed by atoms with Crippen LogP contribution in [0.2, 0.25) is 0 Å². The van der Waals surface area contributed by atoms with Crippen LogP contribution in [0.25, 0.3) is 0 Å². The molecule has 1 fully saturated rings. The lowest BCUT2D eigenvalue weighted by atomic mass is 9.97. The van der Waals surface area contributed by atoms with Crippen molar-refractivity contribution in [2.24, 2.45) is 0 Å². The molecule has 0 aliphatic heterocycles. The topological polar surface area (TPSA) is 24.1 Å². The molecule has 2 nitrogen and oxygen atoms in total. The summed E-state index contributed by atoms with van der Waals surface area (Å²) in [5.74, 6) is 0. The fourth-order valence-corrected chi connectivity index (χ4v) is 2.28. The third-order valence-corrected chi connectivity index (χ3v) is 4.05. The van der Waals surface area contributed by atoms with Crippen molar-refractivity contribution in [1.29, 1.82) is 0 Å². The molecule has 0 spiro atoms. The fourth-order valence-electron chi connectivity index (χ4n) is 2.28. The standard InChI is InChI=1S/C16H26N2/c1-12-4-5-15(14(3)13(12)2)8-9-17-10-11-18-16-6-7-16/h4-5,16-18H,6-11H2,1-3H3. The van der Waals surface area contributed by atoms with Crippen molar-refractivity contribution in [3.63, 3.8) is 0 Å². The molecule has 0 heterocycles. The first kappa shape index (κ1) is 13.6. The number of rotatable bonds is 7. The third-order valence-electron chi connectivity index (χ3n) is 4.05. The van der Waals surface area contributed by atoms with Gasteiger partial charge in [-0.15, -0.1) is 0 Å². The first-order valence-corrected chi connectivity index (χ1v) is 7.18. The van der Waals surface area contributed by atoms with E-state index in [0.717, 1.165) is 32.1 Å². The lowest BCUT2D eigenvalue weighted by Gasteiger charge is -2.12. The van der Waals surface area contributed by atoms with Gasteiger partial charge in [0.05, 0.1) is 0 Å². The minimum Gasteiger partial charge on any atom is -0.315 e. The van der Waals surface area contributed by atoms with Gasteiger partial charge in [-0.3, -0.25) is 0 Å². The normalized spacial score (nSPS) is 15.1. The van der Waals surface area contributed by atoms with E-state index >= 15 is 0 Å².